The lowest BCUT2D eigenvalue weighted by molar-refractivity contribution is 0.0862. The summed E-state index contributed by atoms with van der Waals surface area (Å²) in [6.45, 7) is 9.14. The van der Waals surface area contributed by atoms with E-state index in [1.807, 2.05) is 0 Å². The molecule has 2 aliphatic heterocycles. The Hall–Kier alpha value is -1.03. The summed E-state index contributed by atoms with van der Waals surface area (Å²) < 4.78 is 0. The van der Waals surface area contributed by atoms with E-state index in [1.54, 1.807) is 0 Å². The third-order valence-electron chi connectivity index (χ3n) is 5.92. The number of aliphatic hydroxyl groups excluding tert-OH is 1. The predicted molar refractivity (Wildman–Crippen MR) is 92.8 cm³/mol. The van der Waals surface area contributed by atoms with Crippen molar-refractivity contribution in [3.05, 3.63) is 12.0 Å². The molecule has 0 aromatic rings. The van der Waals surface area contributed by atoms with E-state index in [0.717, 1.165) is 49.6 Å². The molecule has 0 amide bonds. The van der Waals surface area contributed by atoms with Crippen molar-refractivity contribution in [1.29, 1.82) is 0 Å². The lowest BCUT2D eigenvalue weighted by Gasteiger charge is -2.33. The summed E-state index contributed by atoms with van der Waals surface area (Å²) >= 11 is 0. The van der Waals surface area contributed by atoms with Crippen molar-refractivity contribution < 1.29 is 9.94 Å². The van der Waals surface area contributed by atoms with Gasteiger partial charge in [-0.1, -0.05) is 25.9 Å². The lowest BCUT2D eigenvalue weighted by atomic mass is 9.90. The van der Waals surface area contributed by atoms with E-state index in [1.165, 1.54) is 25.0 Å². The Morgan fingerprint density at radius 2 is 2.09 bits per heavy atom. The maximum Gasteiger partial charge on any atom is 0.221 e. The van der Waals surface area contributed by atoms with Gasteiger partial charge in [0.05, 0.1) is 5.71 Å². The Labute approximate surface area is 140 Å². The molecule has 1 saturated heterocycles. The van der Waals surface area contributed by atoms with Gasteiger partial charge in [0.2, 0.25) is 5.88 Å². The summed E-state index contributed by atoms with van der Waals surface area (Å²) in [4.78, 5) is 8.17. The molecule has 0 spiro atoms. The van der Waals surface area contributed by atoms with Crippen LogP contribution in [0.1, 0.15) is 52.9 Å². The van der Waals surface area contributed by atoms with Crippen LogP contribution in [0.4, 0.5) is 0 Å². The van der Waals surface area contributed by atoms with Gasteiger partial charge in [-0.15, -0.1) is 0 Å². The highest BCUT2D eigenvalue weighted by atomic mass is 16.6. The van der Waals surface area contributed by atoms with Crippen LogP contribution in [-0.4, -0.2) is 35.4 Å². The topological polar surface area (TPSA) is 45.1 Å². The number of aliphatic hydroxyl groups is 1. The first kappa shape index (κ1) is 16.8. The van der Waals surface area contributed by atoms with Crippen molar-refractivity contribution in [2.75, 3.05) is 19.7 Å². The minimum atomic E-state index is 0.356. The fourth-order valence-corrected chi connectivity index (χ4v) is 4.38. The average molecular weight is 320 g/mol. The molecule has 3 unspecified atom stereocenters. The highest BCUT2D eigenvalue weighted by Gasteiger charge is 2.43. The van der Waals surface area contributed by atoms with Crippen LogP contribution in [0.2, 0.25) is 0 Å². The molecular formula is C19H32N2O2. The molecule has 130 valence electrons. The first-order valence-corrected chi connectivity index (χ1v) is 9.41. The fourth-order valence-electron chi connectivity index (χ4n) is 4.38. The SMILES string of the molecule is CC(C)C1=NOC(N2CCC(C3CC3CCO)CC2)=CCC1C. The Bertz CT molecular complexity index is 464. The summed E-state index contributed by atoms with van der Waals surface area (Å²) in [5, 5.41) is 13.5. The average Bonchev–Trinajstić information content (AvgIpc) is 3.31. The molecule has 4 heteroatoms. The minimum Gasteiger partial charge on any atom is -0.396 e. The molecule has 1 aliphatic carbocycles. The van der Waals surface area contributed by atoms with Crippen LogP contribution in [-0.2, 0) is 4.84 Å². The second-order valence-electron chi connectivity index (χ2n) is 7.94. The molecule has 4 nitrogen and oxygen atoms in total. The van der Waals surface area contributed by atoms with E-state index in [2.05, 4.69) is 36.9 Å². The first-order valence-electron chi connectivity index (χ1n) is 9.41. The molecule has 23 heavy (non-hydrogen) atoms. The van der Waals surface area contributed by atoms with Crippen LogP contribution >= 0.6 is 0 Å². The molecule has 0 aromatic heterocycles. The molecule has 0 aromatic carbocycles. The molecule has 3 atom stereocenters. The zero-order valence-electron chi connectivity index (χ0n) is 14.9. The van der Waals surface area contributed by atoms with E-state index in [9.17, 15) is 0 Å². The molecule has 0 radical (unpaired) electrons. The smallest absolute Gasteiger partial charge is 0.221 e. The van der Waals surface area contributed by atoms with Crippen molar-refractivity contribution in [1.82, 2.24) is 4.90 Å². The van der Waals surface area contributed by atoms with Crippen LogP contribution in [0.15, 0.2) is 17.1 Å². The summed E-state index contributed by atoms with van der Waals surface area (Å²) in [5.74, 6) is 4.40. The van der Waals surface area contributed by atoms with Crippen molar-refractivity contribution in [2.45, 2.75) is 52.9 Å². The normalized spacial score (nSPS) is 32.2. The highest BCUT2D eigenvalue weighted by molar-refractivity contribution is 5.88. The molecule has 3 rings (SSSR count). The first-order chi connectivity index (χ1) is 11.1. The number of allylic oxidation sites excluding steroid dienone is 1. The molecular weight excluding hydrogens is 288 g/mol. The minimum absolute atomic E-state index is 0.356. The molecule has 1 N–H and O–H groups in total. The van der Waals surface area contributed by atoms with Crippen molar-refractivity contribution in [3.8, 4) is 0 Å². The summed E-state index contributed by atoms with van der Waals surface area (Å²) in [6, 6.07) is 0. The van der Waals surface area contributed by atoms with E-state index in [-0.39, 0.29) is 0 Å². The van der Waals surface area contributed by atoms with Gasteiger partial charge in [0, 0.05) is 25.6 Å². The Morgan fingerprint density at radius 3 is 2.74 bits per heavy atom. The Kier molecular flexibility index (Phi) is 5.30. The lowest BCUT2D eigenvalue weighted by Crippen LogP contribution is -2.34. The van der Waals surface area contributed by atoms with Gasteiger partial charge in [0.1, 0.15) is 0 Å². The van der Waals surface area contributed by atoms with E-state index in [0.29, 0.717) is 18.4 Å². The Balaban J connectivity index is 1.52. The van der Waals surface area contributed by atoms with Crippen molar-refractivity contribution in [2.24, 2.45) is 34.7 Å². The fraction of sp³-hybridized carbons (Fsp3) is 0.842. The van der Waals surface area contributed by atoms with Crippen molar-refractivity contribution >= 4 is 5.71 Å². The maximum absolute atomic E-state index is 9.07. The van der Waals surface area contributed by atoms with Gasteiger partial charge >= 0.3 is 0 Å². The Morgan fingerprint density at radius 1 is 1.35 bits per heavy atom. The van der Waals surface area contributed by atoms with E-state index in [4.69, 9.17) is 9.94 Å². The van der Waals surface area contributed by atoms with E-state index < -0.39 is 0 Å². The third kappa shape index (κ3) is 3.90. The number of nitrogens with zero attached hydrogens (tertiary/aromatic N) is 2. The predicted octanol–water partition coefficient (Wildman–Crippen LogP) is 3.63. The standard InChI is InChI=1S/C19H32N2O2/c1-13(2)19-14(3)4-5-18(23-20-19)21-9-6-15(7-10-21)17-12-16(17)8-11-22/h5,13-17,22H,4,6-12H2,1-3H3. The van der Waals surface area contributed by atoms with Gasteiger partial charge in [0.25, 0.3) is 0 Å². The number of rotatable bonds is 5. The van der Waals surface area contributed by atoms with Gasteiger partial charge < -0.3 is 14.8 Å². The van der Waals surface area contributed by atoms with Crippen LogP contribution in [0.3, 0.4) is 0 Å². The number of hydrogen-bond acceptors (Lipinski definition) is 4. The van der Waals surface area contributed by atoms with Gasteiger partial charge in [-0.05, 0) is 61.9 Å². The number of oxime groups is 1. The van der Waals surface area contributed by atoms with Crippen LogP contribution < -0.4 is 0 Å². The summed E-state index contributed by atoms with van der Waals surface area (Å²) in [7, 11) is 0. The van der Waals surface area contributed by atoms with Crippen LogP contribution in [0, 0.1) is 29.6 Å². The maximum atomic E-state index is 9.07. The number of likely N-dealkylation sites (tertiary alicyclic amines) is 1. The van der Waals surface area contributed by atoms with Gasteiger partial charge in [-0.25, -0.2) is 0 Å². The molecule has 3 aliphatic rings. The zero-order chi connectivity index (χ0) is 16.4. The van der Waals surface area contributed by atoms with Crippen LogP contribution in [0.5, 0.6) is 0 Å². The van der Waals surface area contributed by atoms with Gasteiger partial charge in [-0.3, -0.25) is 0 Å². The van der Waals surface area contributed by atoms with Crippen molar-refractivity contribution in [3.63, 3.8) is 0 Å². The molecule has 0 bridgehead atoms. The van der Waals surface area contributed by atoms with Gasteiger partial charge in [0.15, 0.2) is 0 Å². The monoisotopic (exact) mass is 320 g/mol. The van der Waals surface area contributed by atoms with Gasteiger partial charge in [-0.2, -0.15) is 0 Å². The molecule has 2 heterocycles. The third-order valence-corrected chi connectivity index (χ3v) is 5.92. The largest absolute Gasteiger partial charge is 0.396 e. The summed E-state index contributed by atoms with van der Waals surface area (Å²) in [5.41, 5.74) is 1.18. The highest BCUT2D eigenvalue weighted by Crippen LogP contribution is 2.49. The number of piperidine rings is 1. The second-order valence-corrected chi connectivity index (χ2v) is 7.94. The van der Waals surface area contributed by atoms with E-state index >= 15 is 0 Å². The number of hydrogen-bond donors (Lipinski definition) is 1. The quantitative estimate of drug-likeness (QED) is 0.841. The summed E-state index contributed by atoms with van der Waals surface area (Å²) in [6.07, 6.45) is 8.10. The zero-order valence-corrected chi connectivity index (χ0v) is 14.9. The second kappa shape index (κ2) is 7.25. The molecule has 1 saturated carbocycles. The van der Waals surface area contributed by atoms with Crippen LogP contribution in [0.25, 0.3) is 0 Å². The molecule has 2 fully saturated rings.